The Hall–Kier alpha value is -0.860. The normalized spacial score (nSPS) is 24.3. The maximum Gasteiger partial charge on any atom is 0.0294 e. The summed E-state index contributed by atoms with van der Waals surface area (Å²) in [5.41, 5.74) is 1.38. The fraction of sp³-hybridized carbons (Fsp3) is 0.538. The van der Waals surface area contributed by atoms with Crippen LogP contribution in [-0.4, -0.2) is 31.1 Å². The van der Waals surface area contributed by atoms with Gasteiger partial charge in [-0.25, -0.2) is 0 Å². The van der Waals surface area contributed by atoms with Crippen molar-refractivity contribution in [3.8, 4) is 0 Å². The Kier molecular flexibility index (Phi) is 3.39. The van der Waals surface area contributed by atoms with Gasteiger partial charge in [-0.05, 0) is 32.5 Å². The predicted molar refractivity (Wildman–Crippen MR) is 63.9 cm³/mol. The average Bonchev–Trinajstić information content (AvgIpc) is 2.65. The van der Waals surface area contributed by atoms with Crippen LogP contribution in [0.15, 0.2) is 30.3 Å². The van der Waals surface area contributed by atoms with Gasteiger partial charge in [-0.1, -0.05) is 30.3 Å². The first-order valence-corrected chi connectivity index (χ1v) is 5.75. The molecule has 1 N–H and O–H groups in total. The van der Waals surface area contributed by atoms with Crippen LogP contribution in [0.3, 0.4) is 0 Å². The molecule has 0 radical (unpaired) electrons. The minimum absolute atomic E-state index is 0.461. The number of benzene rings is 1. The third-order valence-electron chi connectivity index (χ3n) is 3.18. The van der Waals surface area contributed by atoms with Crippen LogP contribution in [-0.2, 0) is 0 Å². The predicted octanol–water partition coefficient (Wildman–Crippen LogP) is 2.04. The van der Waals surface area contributed by atoms with Gasteiger partial charge in [-0.2, -0.15) is 0 Å². The topological polar surface area (TPSA) is 15.3 Å². The van der Waals surface area contributed by atoms with Crippen LogP contribution in [0, 0.1) is 0 Å². The monoisotopic (exact) mass is 204 g/mol. The molecule has 0 bridgehead atoms. The molecule has 1 aliphatic heterocycles. The molecule has 2 atom stereocenters. The molecule has 1 aliphatic rings. The van der Waals surface area contributed by atoms with E-state index in [1.165, 1.54) is 25.1 Å². The first-order valence-electron chi connectivity index (χ1n) is 5.75. The van der Waals surface area contributed by atoms with Crippen molar-refractivity contribution in [1.29, 1.82) is 0 Å². The lowest BCUT2D eigenvalue weighted by atomic mass is 10.1. The molecule has 82 valence electrons. The molecule has 1 aromatic rings. The summed E-state index contributed by atoms with van der Waals surface area (Å²) in [5.74, 6) is 0. The summed E-state index contributed by atoms with van der Waals surface area (Å²) in [4.78, 5) is 2.38. The lowest BCUT2D eigenvalue weighted by Crippen LogP contribution is -2.33. The van der Waals surface area contributed by atoms with Gasteiger partial charge in [0, 0.05) is 18.6 Å². The molecule has 2 heteroatoms. The van der Waals surface area contributed by atoms with E-state index in [1.54, 1.807) is 0 Å². The van der Waals surface area contributed by atoms with Crippen LogP contribution >= 0.6 is 0 Å². The van der Waals surface area contributed by atoms with E-state index < -0.39 is 0 Å². The highest BCUT2D eigenvalue weighted by Gasteiger charge is 2.20. The largest absolute Gasteiger partial charge is 0.306 e. The summed E-state index contributed by atoms with van der Waals surface area (Å²) in [6, 6.07) is 11.8. The summed E-state index contributed by atoms with van der Waals surface area (Å²) < 4.78 is 0. The molecule has 15 heavy (non-hydrogen) atoms. The molecule has 0 aliphatic carbocycles. The highest BCUT2D eigenvalue weighted by Crippen LogP contribution is 2.15. The average molecular weight is 204 g/mol. The van der Waals surface area contributed by atoms with Crippen molar-refractivity contribution in [2.45, 2.75) is 25.4 Å². The van der Waals surface area contributed by atoms with E-state index in [2.05, 4.69) is 54.5 Å². The number of likely N-dealkylation sites (tertiary alicyclic amines) is 1. The standard InChI is InChI=1S/C13H20N2/c1-11(12-6-4-3-5-7-12)14-13-8-9-15(2)10-13/h3-7,11,13-14H,8-10H2,1-2H3. The summed E-state index contributed by atoms with van der Waals surface area (Å²) in [6.45, 7) is 4.64. The molecular formula is C13H20N2. The third-order valence-corrected chi connectivity index (χ3v) is 3.18. The Morgan fingerprint density at radius 1 is 1.33 bits per heavy atom. The molecule has 2 rings (SSSR count). The summed E-state index contributed by atoms with van der Waals surface area (Å²) in [5, 5.41) is 3.68. The van der Waals surface area contributed by atoms with Gasteiger partial charge in [-0.15, -0.1) is 0 Å². The SMILES string of the molecule is CC(NC1CCN(C)C1)c1ccccc1. The number of likely N-dealkylation sites (N-methyl/N-ethyl adjacent to an activating group) is 1. The van der Waals surface area contributed by atoms with Crippen LogP contribution in [0.1, 0.15) is 24.9 Å². The number of rotatable bonds is 3. The maximum atomic E-state index is 3.68. The lowest BCUT2D eigenvalue weighted by Gasteiger charge is -2.19. The van der Waals surface area contributed by atoms with Crippen molar-refractivity contribution >= 4 is 0 Å². The molecule has 1 aromatic carbocycles. The van der Waals surface area contributed by atoms with Crippen molar-refractivity contribution in [2.24, 2.45) is 0 Å². The van der Waals surface area contributed by atoms with E-state index in [0.29, 0.717) is 12.1 Å². The molecule has 2 unspecified atom stereocenters. The van der Waals surface area contributed by atoms with E-state index in [0.717, 1.165) is 0 Å². The minimum Gasteiger partial charge on any atom is -0.306 e. The van der Waals surface area contributed by atoms with Crippen molar-refractivity contribution < 1.29 is 0 Å². The number of hydrogen-bond donors (Lipinski definition) is 1. The Morgan fingerprint density at radius 2 is 2.07 bits per heavy atom. The molecule has 0 spiro atoms. The van der Waals surface area contributed by atoms with Crippen LogP contribution in [0.4, 0.5) is 0 Å². The Bertz CT molecular complexity index is 297. The maximum absolute atomic E-state index is 3.68. The molecule has 0 saturated carbocycles. The molecule has 1 fully saturated rings. The Labute approximate surface area is 92.3 Å². The van der Waals surface area contributed by atoms with Crippen molar-refractivity contribution in [1.82, 2.24) is 10.2 Å². The zero-order valence-corrected chi connectivity index (χ0v) is 9.61. The second kappa shape index (κ2) is 4.77. The number of hydrogen-bond acceptors (Lipinski definition) is 2. The van der Waals surface area contributed by atoms with Gasteiger partial charge in [0.15, 0.2) is 0 Å². The zero-order valence-electron chi connectivity index (χ0n) is 9.61. The third kappa shape index (κ3) is 2.80. The summed E-state index contributed by atoms with van der Waals surface area (Å²) in [6.07, 6.45) is 1.27. The first-order chi connectivity index (χ1) is 7.25. The molecule has 1 heterocycles. The van der Waals surface area contributed by atoms with Crippen molar-refractivity contribution in [3.05, 3.63) is 35.9 Å². The van der Waals surface area contributed by atoms with Crippen LogP contribution < -0.4 is 5.32 Å². The molecule has 1 saturated heterocycles. The number of nitrogens with one attached hydrogen (secondary N) is 1. The van der Waals surface area contributed by atoms with Gasteiger partial charge in [0.2, 0.25) is 0 Å². The van der Waals surface area contributed by atoms with Gasteiger partial charge in [-0.3, -0.25) is 0 Å². The first kappa shape index (κ1) is 10.7. The van der Waals surface area contributed by atoms with Gasteiger partial charge < -0.3 is 10.2 Å². The van der Waals surface area contributed by atoms with Gasteiger partial charge in [0.05, 0.1) is 0 Å². The van der Waals surface area contributed by atoms with E-state index in [9.17, 15) is 0 Å². The van der Waals surface area contributed by atoms with Gasteiger partial charge in [0.1, 0.15) is 0 Å². The molecular weight excluding hydrogens is 184 g/mol. The minimum atomic E-state index is 0.461. The van der Waals surface area contributed by atoms with E-state index >= 15 is 0 Å². The number of nitrogens with zero attached hydrogens (tertiary/aromatic N) is 1. The Morgan fingerprint density at radius 3 is 2.67 bits per heavy atom. The highest BCUT2D eigenvalue weighted by atomic mass is 15.2. The zero-order chi connectivity index (χ0) is 10.7. The van der Waals surface area contributed by atoms with Crippen LogP contribution in [0.2, 0.25) is 0 Å². The van der Waals surface area contributed by atoms with E-state index in [-0.39, 0.29) is 0 Å². The van der Waals surface area contributed by atoms with E-state index in [1.807, 2.05) is 0 Å². The lowest BCUT2D eigenvalue weighted by molar-refractivity contribution is 0.387. The summed E-state index contributed by atoms with van der Waals surface area (Å²) >= 11 is 0. The van der Waals surface area contributed by atoms with Crippen LogP contribution in [0.5, 0.6) is 0 Å². The summed E-state index contributed by atoms with van der Waals surface area (Å²) in [7, 11) is 2.19. The van der Waals surface area contributed by atoms with Crippen LogP contribution in [0.25, 0.3) is 0 Å². The quantitative estimate of drug-likeness (QED) is 0.810. The molecule has 0 aromatic heterocycles. The second-order valence-corrected chi connectivity index (χ2v) is 4.55. The molecule has 2 nitrogen and oxygen atoms in total. The highest BCUT2D eigenvalue weighted by molar-refractivity contribution is 5.18. The van der Waals surface area contributed by atoms with Gasteiger partial charge in [0.25, 0.3) is 0 Å². The fourth-order valence-corrected chi connectivity index (χ4v) is 2.26. The van der Waals surface area contributed by atoms with Gasteiger partial charge >= 0.3 is 0 Å². The fourth-order valence-electron chi connectivity index (χ4n) is 2.26. The van der Waals surface area contributed by atoms with Crippen molar-refractivity contribution in [3.63, 3.8) is 0 Å². The Balaban J connectivity index is 1.90. The smallest absolute Gasteiger partial charge is 0.0294 e. The van der Waals surface area contributed by atoms with E-state index in [4.69, 9.17) is 0 Å². The van der Waals surface area contributed by atoms with Crippen molar-refractivity contribution in [2.75, 3.05) is 20.1 Å². The second-order valence-electron chi connectivity index (χ2n) is 4.55. The molecule has 0 amide bonds.